The molecule has 3 rings (SSSR count). The predicted octanol–water partition coefficient (Wildman–Crippen LogP) is 3.34. The summed E-state index contributed by atoms with van der Waals surface area (Å²) in [6, 6.07) is 18.6. The van der Waals surface area contributed by atoms with Gasteiger partial charge in [-0.05, 0) is 18.1 Å². The van der Waals surface area contributed by atoms with Gasteiger partial charge in [0.15, 0.2) is 0 Å². The zero-order valence-corrected chi connectivity index (χ0v) is 12.3. The summed E-state index contributed by atoms with van der Waals surface area (Å²) in [5, 5.41) is 0. The van der Waals surface area contributed by atoms with Crippen molar-refractivity contribution >= 4 is 12.0 Å². The van der Waals surface area contributed by atoms with Crippen LogP contribution in [0.1, 0.15) is 24.2 Å². The molecule has 1 heterocycles. The molecule has 4 heteroatoms. The molecule has 0 N–H and O–H groups in total. The molecule has 0 aromatic heterocycles. The first-order chi connectivity index (χ1) is 10.7. The molecular formula is C18H17NO3. The fourth-order valence-corrected chi connectivity index (χ4v) is 2.74. The van der Waals surface area contributed by atoms with E-state index in [-0.39, 0.29) is 18.4 Å². The summed E-state index contributed by atoms with van der Waals surface area (Å²) in [6.45, 7) is 1.84. The van der Waals surface area contributed by atoms with E-state index in [1.165, 1.54) is 4.90 Å². The zero-order valence-electron chi connectivity index (χ0n) is 12.3. The van der Waals surface area contributed by atoms with Crippen LogP contribution in [0.25, 0.3) is 0 Å². The summed E-state index contributed by atoms with van der Waals surface area (Å²) in [6.07, 6.45) is -0.780. The lowest BCUT2D eigenvalue weighted by molar-refractivity contribution is -0.128. The van der Waals surface area contributed by atoms with Gasteiger partial charge in [0.2, 0.25) is 5.91 Å². The predicted molar refractivity (Wildman–Crippen MR) is 82.1 cm³/mol. The topological polar surface area (TPSA) is 46.6 Å². The van der Waals surface area contributed by atoms with Crippen LogP contribution in [0.4, 0.5) is 4.79 Å². The molecule has 0 aliphatic carbocycles. The maximum Gasteiger partial charge on any atom is 0.417 e. The standard InChI is InChI=1S/C18H17NO3/c1-13-17(15-10-6-3-7-11-15)22-18(21)19(13)16(20)12-14-8-4-2-5-9-14/h2-11,13,17H,12H2,1H3/t13-,17-/m0/s1. The van der Waals surface area contributed by atoms with Gasteiger partial charge in [-0.3, -0.25) is 4.79 Å². The largest absolute Gasteiger partial charge is 0.439 e. The summed E-state index contributed by atoms with van der Waals surface area (Å²) < 4.78 is 5.40. The molecule has 2 amide bonds. The highest BCUT2D eigenvalue weighted by Crippen LogP contribution is 2.32. The third kappa shape index (κ3) is 2.72. The van der Waals surface area contributed by atoms with Gasteiger partial charge < -0.3 is 4.74 Å². The lowest BCUT2D eigenvalue weighted by atomic mass is 10.0. The van der Waals surface area contributed by atoms with Gasteiger partial charge in [-0.15, -0.1) is 0 Å². The molecule has 22 heavy (non-hydrogen) atoms. The summed E-state index contributed by atoms with van der Waals surface area (Å²) >= 11 is 0. The number of carbonyl (C=O) groups excluding carboxylic acids is 2. The second-order valence-corrected chi connectivity index (χ2v) is 5.38. The van der Waals surface area contributed by atoms with Crippen LogP contribution < -0.4 is 0 Å². The Morgan fingerprint density at radius 3 is 2.27 bits per heavy atom. The second kappa shape index (κ2) is 6.02. The van der Waals surface area contributed by atoms with Crippen molar-refractivity contribution in [2.24, 2.45) is 0 Å². The highest BCUT2D eigenvalue weighted by molar-refractivity contribution is 5.94. The highest BCUT2D eigenvalue weighted by atomic mass is 16.6. The molecule has 1 saturated heterocycles. The second-order valence-electron chi connectivity index (χ2n) is 5.38. The van der Waals surface area contributed by atoms with Crippen molar-refractivity contribution in [3.05, 3.63) is 71.8 Å². The van der Waals surface area contributed by atoms with Gasteiger partial charge in [0, 0.05) is 0 Å². The molecule has 2 aromatic rings. The maximum absolute atomic E-state index is 12.4. The SMILES string of the molecule is C[C@H]1[C@@H](c2ccccc2)OC(=O)N1C(=O)Cc1ccccc1. The number of hydrogen-bond donors (Lipinski definition) is 0. The van der Waals surface area contributed by atoms with Gasteiger partial charge in [0.05, 0.1) is 12.5 Å². The molecule has 0 radical (unpaired) electrons. The minimum absolute atomic E-state index is 0.196. The summed E-state index contributed by atoms with van der Waals surface area (Å²) in [4.78, 5) is 25.7. The van der Waals surface area contributed by atoms with Crippen molar-refractivity contribution in [1.29, 1.82) is 0 Å². The molecule has 0 spiro atoms. The monoisotopic (exact) mass is 295 g/mol. The smallest absolute Gasteiger partial charge is 0.417 e. The van der Waals surface area contributed by atoms with Crippen LogP contribution in [0.5, 0.6) is 0 Å². The van der Waals surface area contributed by atoms with Crippen molar-refractivity contribution in [3.63, 3.8) is 0 Å². The van der Waals surface area contributed by atoms with Crippen molar-refractivity contribution < 1.29 is 14.3 Å². The molecule has 2 aromatic carbocycles. The van der Waals surface area contributed by atoms with Gasteiger partial charge in [-0.2, -0.15) is 0 Å². The van der Waals surface area contributed by atoms with E-state index in [0.29, 0.717) is 0 Å². The van der Waals surface area contributed by atoms with Crippen LogP contribution >= 0.6 is 0 Å². The van der Waals surface area contributed by atoms with E-state index in [0.717, 1.165) is 11.1 Å². The fraction of sp³-hybridized carbons (Fsp3) is 0.222. The van der Waals surface area contributed by atoms with Crippen LogP contribution in [0.3, 0.4) is 0 Å². The van der Waals surface area contributed by atoms with Gasteiger partial charge in [-0.25, -0.2) is 9.69 Å². The summed E-state index contributed by atoms with van der Waals surface area (Å²) in [5.74, 6) is -0.234. The molecule has 4 nitrogen and oxygen atoms in total. The Kier molecular flexibility index (Phi) is 3.92. The number of carbonyl (C=O) groups is 2. The van der Waals surface area contributed by atoms with Crippen LogP contribution in [-0.2, 0) is 16.0 Å². The number of amides is 2. The average molecular weight is 295 g/mol. The molecule has 1 aliphatic rings. The molecule has 0 unspecified atom stereocenters. The number of benzene rings is 2. The summed E-state index contributed by atoms with van der Waals surface area (Å²) in [7, 11) is 0. The number of cyclic esters (lactones) is 1. The molecule has 1 fully saturated rings. The van der Waals surface area contributed by atoms with E-state index in [2.05, 4.69) is 0 Å². The van der Waals surface area contributed by atoms with Gasteiger partial charge in [0.25, 0.3) is 0 Å². The normalized spacial score (nSPS) is 20.8. The molecule has 0 saturated carbocycles. The van der Waals surface area contributed by atoms with Gasteiger partial charge in [-0.1, -0.05) is 60.7 Å². The number of imide groups is 1. The molecular weight excluding hydrogens is 278 g/mol. The zero-order chi connectivity index (χ0) is 15.5. The first-order valence-electron chi connectivity index (χ1n) is 7.28. The van der Waals surface area contributed by atoms with Crippen molar-refractivity contribution in [3.8, 4) is 0 Å². The first kappa shape index (κ1) is 14.3. The highest BCUT2D eigenvalue weighted by Gasteiger charge is 2.42. The number of ether oxygens (including phenoxy) is 1. The van der Waals surface area contributed by atoms with Crippen molar-refractivity contribution in [2.45, 2.75) is 25.5 Å². The molecule has 2 atom stereocenters. The molecule has 112 valence electrons. The molecule has 1 aliphatic heterocycles. The third-order valence-corrected chi connectivity index (χ3v) is 3.86. The van der Waals surface area contributed by atoms with Crippen molar-refractivity contribution in [1.82, 2.24) is 4.90 Å². The van der Waals surface area contributed by atoms with E-state index >= 15 is 0 Å². The Labute approximate surface area is 129 Å². The Balaban J connectivity index is 1.77. The van der Waals surface area contributed by atoms with Crippen LogP contribution in [0, 0.1) is 0 Å². The van der Waals surface area contributed by atoms with E-state index in [9.17, 15) is 9.59 Å². The van der Waals surface area contributed by atoms with Crippen LogP contribution in [0.2, 0.25) is 0 Å². The van der Waals surface area contributed by atoms with Crippen LogP contribution in [0.15, 0.2) is 60.7 Å². The van der Waals surface area contributed by atoms with E-state index in [4.69, 9.17) is 4.74 Å². The minimum Gasteiger partial charge on any atom is -0.439 e. The first-order valence-corrected chi connectivity index (χ1v) is 7.28. The van der Waals surface area contributed by atoms with E-state index in [1.807, 2.05) is 67.6 Å². The average Bonchev–Trinajstić information content (AvgIpc) is 2.84. The summed E-state index contributed by atoms with van der Waals surface area (Å²) in [5.41, 5.74) is 1.79. The van der Waals surface area contributed by atoms with Gasteiger partial charge in [0.1, 0.15) is 6.10 Å². The lowest BCUT2D eigenvalue weighted by Gasteiger charge is -2.19. The van der Waals surface area contributed by atoms with Crippen LogP contribution in [-0.4, -0.2) is 22.9 Å². The van der Waals surface area contributed by atoms with Crippen molar-refractivity contribution in [2.75, 3.05) is 0 Å². The number of hydrogen-bond acceptors (Lipinski definition) is 3. The fourth-order valence-electron chi connectivity index (χ4n) is 2.74. The Morgan fingerprint density at radius 2 is 1.64 bits per heavy atom. The Bertz CT molecular complexity index is 669. The Morgan fingerprint density at radius 1 is 1.05 bits per heavy atom. The van der Waals surface area contributed by atoms with E-state index < -0.39 is 12.2 Å². The third-order valence-electron chi connectivity index (χ3n) is 3.86. The quantitative estimate of drug-likeness (QED) is 0.872. The number of nitrogens with zero attached hydrogens (tertiary/aromatic N) is 1. The van der Waals surface area contributed by atoms with E-state index in [1.54, 1.807) is 0 Å². The number of rotatable bonds is 3. The van der Waals surface area contributed by atoms with Gasteiger partial charge >= 0.3 is 6.09 Å². The Hall–Kier alpha value is -2.62. The lowest BCUT2D eigenvalue weighted by Crippen LogP contribution is -2.38. The molecule has 0 bridgehead atoms. The maximum atomic E-state index is 12.4. The minimum atomic E-state index is -0.567.